The maximum Gasteiger partial charge on any atom is 0.573 e. The van der Waals surface area contributed by atoms with Crippen molar-refractivity contribution in [2.75, 3.05) is 0 Å². The van der Waals surface area contributed by atoms with Crippen molar-refractivity contribution in [1.29, 1.82) is 5.26 Å². The number of ether oxygens (including phenoxy) is 1. The molecule has 0 atom stereocenters. The van der Waals surface area contributed by atoms with Gasteiger partial charge in [0.2, 0.25) is 0 Å². The van der Waals surface area contributed by atoms with Crippen molar-refractivity contribution in [3.63, 3.8) is 0 Å². The average molecular weight is 216 g/mol. The molecule has 0 spiro atoms. The van der Waals surface area contributed by atoms with Gasteiger partial charge in [-0.05, 0) is 0 Å². The Morgan fingerprint density at radius 2 is 2.13 bits per heavy atom. The molecule has 0 saturated heterocycles. The van der Waals surface area contributed by atoms with Crippen LogP contribution in [0.15, 0.2) is 12.4 Å². The van der Waals surface area contributed by atoms with Gasteiger partial charge in [-0.2, -0.15) is 5.26 Å². The molecule has 15 heavy (non-hydrogen) atoms. The van der Waals surface area contributed by atoms with Crippen molar-refractivity contribution < 1.29 is 22.7 Å². The Morgan fingerprint density at radius 1 is 1.47 bits per heavy atom. The minimum Gasteiger partial charge on any atom is -0.403 e. The second-order valence-electron chi connectivity index (χ2n) is 2.38. The lowest BCUT2D eigenvalue weighted by Gasteiger charge is -2.09. The number of nitriles is 1. The predicted molar refractivity (Wildman–Crippen MR) is 41.0 cm³/mol. The lowest BCUT2D eigenvalue weighted by Crippen LogP contribution is -2.18. The van der Waals surface area contributed by atoms with Gasteiger partial charge in [0, 0.05) is 6.20 Å². The minimum absolute atomic E-state index is 0.231. The maximum absolute atomic E-state index is 11.8. The van der Waals surface area contributed by atoms with Crippen LogP contribution >= 0.6 is 0 Å². The Kier molecular flexibility index (Phi) is 2.90. The fraction of sp³-hybridized carbons (Fsp3) is 0.125. The van der Waals surface area contributed by atoms with Crippen molar-refractivity contribution in [3.8, 4) is 11.8 Å². The van der Waals surface area contributed by atoms with E-state index in [2.05, 4.69) is 9.72 Å². The fourth-order valence-corrected chi connectivity index (χ4v) is 0.868. The minimum atomic E-state index is -4.92. The summed E-state index contributed by atoms with van der Waals surface area (Å²) in [5.41, 5.74) is -0.739. The summed E-state index contributed by atoms with van der Waals surface area (Å²) in [4.78, 5) is 13.7. The number of carbonyl (C=O) groups is 1. The van der Waals surface area contributed by atoms with Crippen LogP contribution in [0.4, 0.5) is 13.2 Å². The zero-order valence-electron chi connectivity index (χ0n) is 7.08. The lowest BCUT2D eigenvalue weighted by molar-refractivity contribution is -0.274. The van der Waals surface area contributed by atoms with Gasteiger partial charge in [0.15, 0.2) is 12.0 Å². The molecule has 0 saturated carbocycles. The van der Waals surface area contributed by atoms with Crippen molar-refractivity contribution >= 4 is 6.29 Å². The highest BCUT2D eigenvalue weighted by atomic mass is 19.4. The van der Waals surface area contributed by atoms with Crippen LogP contribution < -0.4 is 4.74 Å². The molecule has 0 unspecified atom stereocenters. The summed E-state index contributed by atoms with van der Waals surface area (Å²) in [5, 5.41) is 8.54. The molecule has 0 aliphatic carbocycles. The molecule has 0 aromatic carbocycles. The summed E-state index contributed by atoms with van der Waals surface area (Å²) in [7, 11) is 0. The van der Waals surface area contributed by atoms with Crippen LogP contribution in [0.3, 0.4) is 0 Å². The second kappa shape index (κ2) is 3.96. The number of carbonyl (C=O) groups excluding carboxylic acids is 1. The second-order valence-corrected chi connectivity index (χ2v) is 2.38. The Morgan fingerprint density at radius 3 is 2.60 bits per heavy atom. The molecule has 7 heteroatoms. The molecule has 0 N–H and O–H groups in total. The highest BCUT2D eigenvalue weighted by Crippen LogP contribution is 2.26. The Hall–Kier alpha value is -2.10. The van der Waals surface area contributed by atoms with E-state index in [4.69, 9.17) is 5.26 Å². The first-order valence-electron chi connectivity index (χ1n) is 3.57. The molecule has 0 aliphatic rings. The normalized spacial score (nSPS) is 10.5. The van der Waals surface area contributed by atoms with Crippen LogP contribution in [0.5, 0.6) is 5.75 Å². The Balaban J connectivity index is 3.19. The van der Waals surface area contributed by atoms with E-state index >= 15 is 0 Å². The summed E-state index contributed by atoms with van der Waals surface area (Å²) in [5.74, 6) is -0.783. The van der Waals surface area contributed by atoms with Crippen molar-refractivity contribution in [2.45, 2.75) is 6.36 Å². The number of aromatic nitrogens is 1. The zero-order valence-corrected chi connectivity index (χ0v) is 7.08. The summed E-state index contributed by atoms with van der Waals surface area (Å²) >= 11 is 0. The van der Waals surface area contributed by atoms with Gasteiger partial charge in [-0.15, -0.1) is 13.2 Å². The van der Waals surface area contributed by atoms with E-state index in [0.717, 1.165) is 12.4 Å². The standard InChI is InChI=1S/C8H3F3N2O2/c9-8(10,11)15-7-3-13-2-5(4-14)6(7)1-12/h2-4H. The van der Waals surface area contributed by atoms with E-state index < -0.39 is 17.7 Å². The van der Waals surface area contributed by atoms with Gasteiger partial charge in [0.05, 0.1) is 11.8 Å². The predicted octanol–water partition coefficient (Wildman–Crippen LogP) is 1.66. The molecular weight excluding hydrogens is 213 g/mol. The first-order valence-corrected chi connectivity index (χ1v) is 3.57. The lowest BCUT2D eigenvalue weighted by atomic mass is 10.1. The van der Waals surface area contributed by atoms with E-state index in [9.17, 15) is 18.0 Å². The monoisotopic (exact) mass is 216 g/mol. The third-order valence-electron chi connectivity index (χ3n) is 1.40. The number of alkyl halides is 3. The first kappa shape index (κ1) is 11.0. The van der Waals surface area contributed by atoms with E-state index in [1.165, 1.54) is 6.07 Å². The molecule has 0 radical (unpaired) electrons. The van der Waals surface area contributed by atoms with Gasteiger partial charge in [-0.25, -0.2) is 0 Å². The summed E-state index contributed by atoms with van der Waals surface area (Å²) in [6.07, 6.45) is -2.99. The van der Waals surface area contributed by atoms with Crippen LogP contribution in [0.1, 0.15) is 15.9 Å². The van der Waals surface area contributed by atoms with Crippen LogP contribution in [0.25, 0.3) is 0 Å². The molecule has 78 valence electrons. The number of pyridine rings is 1. The zero-order chi connectivity index (χ0) is 11.5. The molecule has 1 aromatic heterocycles. The third-order valence-corrected chi connectivity index (χ3v) is 1.40. The molecule has 1 aromatic rings. The summed E-state index contributed by atoms with van der Waals surface area (Å²) in [6.45, 7) is 0. The first-order chi connectivity index (χ1) is 6.98. The largest absolute Gasteiger partial charge is 0.573 e. The average Bonchev–Trinajstić information content (AvgIpc) is 2.15. The van der Waals surface area contributed by atoms with Gasteiger partial charge in [-0.3, -0.25) is 9.78 Å². The number of aldehydes is 1. The third kappa shape index (κ3) is 2.67. The van der Waals surface area contributed by atoms with Crippen LogP contribution in [-0.2, 0) is 0 Å². The van der Waals surface area contributed by atoms with Crippen LogP contribution in [0.2, 0.25) is 0 Å². The van der Waals surface area contributed by atoms with Gasteiger partial charge >= 0.3 is 6.36 Å². The number of hydrogen-bond donors (Lipinski definition) is 0. The SMILES string of the molecule is N#Cc1c(C=O)cncc1OC(F)(F)F. The maximum atomic E-state index is 11.8. The topological polar surface area (TPSA) is 63.0 Å². The Bertz CT molecular complexity index is 423. The quantitative estimate of drug-likeness (QED) is 0.705. The summed E-state index contributed by atoms with van der Waals surface area (Å²) < 4.78 is 39.1. The molecular formula is C8H3F3N2O2. The molecule has 0 amide bonds. The number of rotatable bonds is 2. The number of halogens is 3. The van der Waals surface area contributed by atoms with E-state index in [-0.39, 0.29) is 11.8 Å². The van der Waals surface area contributed by atoms with Gasteiger partial charge < -0.3 is 4.74 Å². The fourth-order valence-electron chi connectivity index (χ4n) is 0.868. The summed E-state index contributed by atoms with van der Waals surface area (Å²) in [6, 6.07) is 1.44. The van der Waals surface area contributed by atoms with Crippen molar-refractivity contribution in [3.05, 3.63) is 23.5 Å². The van der Waals surface area contributed by atoms with Gasteiger partial charge in [-0.1, -0.05) is 0 Å². The van der Waals surface area contributed by atoms with E-state index in [0.29, 0.717) is 0 Å². The van der Waals surface area contributed by atoms with Gasteiger partial charge in [0.1, 0.15) is 11.6 Å². The molecule has 0 aliphatic heterocycles. The Labute approximate surface area is 81.9 Å². The van der Waals surface area contributed by atoms with Gasteiger partial charge in [0.25, 0.3) is 0 Å². The highest BCUT2D eigenvalue weighted by molar-refractivity contribution is 5.80. The van der Waals surface area contributed by atoms with Crippen molar-refractivity contribution in [1.82, 2.24) is 4.98 Å². The molecule has 1 heterocycles. The van der Waals surface area contributed by atoms with Crippen LogP contribution in [0, 0.1) is 11.3 Å². The molecule has 0 bridgehead atoms. The number of nitrogens with zero attached hydrogens (tertiary/aromatic N) is 2. The van der Waals surface area contributed by atoms with E-state index in [1.807, 2.05) is 0 Å². The van der Waals surface area contributed by atoms with Crippen molar-refractivity contribution in [2.24, 2.45) is 0 Å². The number of hydrogen-bond acceptors (Lipinski definition) is 4. The smallest absolute Gasteiger partial charge is 0.403 e. The molecule has 1 rings (SSSR count). The molecule has 4 nitrogen and oxygen atoms in total. The van der Waals surface area contributed by atoms with Crippen LogP contribution in [-0.4, -0.2) is 17.6 Å². The molecule has 0 fully saturated rings. The highest BCUT2D eigenvalue weighted by Gasteiger charge is 2.32. The van der Waals surface area contributed by atoms with E-state index in [1.54, 1.807) is 0 Å².